The molecule has 2 amide bonds. The largest absolute Gasteiger partial charge is 0.468 e. The molecule has 4 rings (SSSR count). The van der Waals surface area contributed by atoms with Crippen LogP contribution in [0.1, 0.15) is 56.7 Å². The number of nitrogens with zero attached hydrogens (tertiary/aromatic N) is 2. The second-order valence-electron chi connectivity index (χ2n) is 8.27. The van der Waals surface area contributed by atoms with Gasteiger partial charge in [0.15, 0.2) is 0 Å². The van der Waals surface area contributed by atoms with Crippen LogP contribution in [0.5, 0.6) is 0 Å². The van der Waals surface area contributed by atoms with E-state index in [1.165, 1.54) is 19.3 Å². The molecule has 2 atom stereocenters. The lowest BCUT2D eigenvalue weighted by atomic mass is 9.96. The first-order valence-corrected chi connectivity index (χ1v) is 10.6. The number of carbonyl (C=O) groups is 2. The molecule has 1 aromatic heterocycles. The summed E-state index contributed by atoms with van der Waals surface area (Å²) in [5, 5.41) is 3.16. The molecule has 1 saturated carbocycles. The van der Waals surface area contributed by atoms with Crippen molar-refractivity contribution in [3.05, 3.63) is 24.2 Å². The zero-order valence-electron chi connectivity index (χ0n) is 16.1. The molecule has 3 fully saturated rings. The van der Waals surface area contributed by atoms with Gasteiger partial charge in [-0.3, -0.25) is 14.5 Å². The maximum Gasteiger partial charge on any atom is 0.225 e. The molecular formula is C21H31N3O3. The van der Waals surface area contributed by atoms with Gasteiger partial charge < -0.3 is 14.6 Å². The van der Waals surface area contributed by atoms with E-state index in [1.807, 2.05) is 17.0 Å². The van der Waals surface area contributed by atoms with Crippen molar-refractivity contribution in [3.8, 4) is 0 Å². The van der Waals surface area contributed by atoms with Gasteiger partial charge in [0.25, 0.3) is 0 Å². The summed E-state index contributed by atoms with van der Waals surface area (Å²) in [6, 6.07) is 4.01. The maximum atomic E-state index is 12.8. The Bertz CT molecular complexity index is 635. The average molecular weight is 373 g/mol. The van der Waals surface area contributed by atoms with Crippen LogP contribution in [0.4, 0.5) is 0 Å². The van der Waals surface area contributed by atoms with Gasteiger partial charge in [0.05, 0.1) is 18.2 Å². The van der Waals surface area contributed by atoms with Gasteiger partial charge in [0.1, 0.15) is 5.76 Å². The van der Waals surface area contributed by atoms with Crippen LogP contribution in [0.15, 0.2) is 22.8 Å². The molecule has 148 valence electrons. The van der Waals surface area contributed by atoms with E-state index in [-0.39, 0.29) is 29.7 Å². The minimum absolute atomic E-state index is 0.0804. The number of amides is 2. The topological polar surface area (TPSA) is 65.8 Å². The standard InChI is InChI=1S/C21H31N3O3/c25-20(17-6-4-12-24(15-17)21(26)16-8-9-16)22-14-18(19-7-5-13-27-19)23-10-2-1-3-11-23/h5,7,13,16-18H,1-4,6,8-12,14-15H2,(H,22,25). The van der Waals surface area contributed by atoms with Crippen molar-refractivity contribution in [1.82, 2.24) is 15.1 Å². The SMILES string of the molecule is O=C(NCC(c1ccco1)N1CCCCC1)C1CCCN(C(=O)C2CC2)C1. The number of rotatable bonds is 6. The number of hydrogen-bond acceptors (Lipinski definition) is 4. The Labute approximate surface area is 161 Å². The van der Waals surface area contributed by atoms with Crippen molar-refractivity contribution < 1.29 is 14.0 Å². The Morgan fingerprint density at radius 2 is 1.89 bits per heavy atom. The van der Waals surface area contributed by atoms with E-state index < -0.39 is 0 Å². The predicted octanol–water partition coefficient (Wildman–Crippen LogP) is 2.57. The lowest BCUT2D eigenvalue weighted by Crippen LogP contribution is -2.47. The monoisotopic (exact) mass is 373 g/mol. The molecule has 0 aromatic carbocycles. The summed E-state index contributed by atoms with van der Waals surface area (Å²) >= 11 is 0. The highest BCUT2D eigenvalue weighted by molar-refractivity contribution is 5.83. The van der Waals surface area contributed by atoms with Gasteiger partial charge >= 0.3 is 0 Å². The van der Waals surface area contributed by atoms with E-state index in [1.54, 1.807) is 6.26 Å². The summed E-state index contributed by atoms with van der Waals surface area (Å²) in [5.74, 6) is 1.41. The fraction of sp³-hybridized carbons (Fsp3) is 0.714. The molecular weight excluding hydrogens is 342 g/mol. The molecule has 0 bridgehead atoms. The minimum Gasteiger partial charge on any atom is -0.468 e. The zero-order chi connectivity index (χ0) is 18.6. The van der Waals surface area contributed by atoms with Crippen LogP contribution >= 0.6 is 0 Å². The van der Waals surface area contributed by atoms with Crippen LogP contribution in [0, 0.1) is 11.8 Å². The van der Waals surface area contributed by atoms with E-state index in [0.29, 0.717) is 13.1 Å². The minimum atomic E-state index is -0.0833. The summed E-state index contributed by atoms with van der Waals surface area (Å²) in [4.78, 5) is 29.5. The van der Waals surface area contributed by atoms with Crippen molar-refractivity contribution >= 4 is 11.8 Å². The molecule has 0 spiro atoms. The average Bonchev–Trinajstić information content (AvgIpc) is 3.43. The molecule has 1 aliphatic carbocycles. The smallest absolute Gasteiger partial charge is 0.225 e. The van der Waals surface area contributed by atoms with E-state index in [0.717, 1.165) is 51.1 Å². The second-order valence-corrected chi connectivity index (χ2v) is 8.27. The Morgan fingerprint density at radius 1 is 1.07 bits per heavy atom. The number of hydrogen-bond donors (Lipinski definition) is 1. The lowest BCUT2D eigenvalue weighted by Gasteiger charge is -2.35. The zero-order valence-corrected chi connectivity index (χ0v) is 16.1. The van der Waals surface area contributed by atoms with Crippen molar-refractivity contribution in [2.24, 2.45) is 11.8 Å². The predicted molar refractivity (Wildman–Crippen MR) is 102 cm³/mol. The molecule has 2 aliphatic heterocycles. The molecule has 1 aromatic rings. The number of nitrogens with one attached hydrogen (secondary N) is 1. The quantitative estimate of drug-likeness (QED) is 0.832. The van der Waals surface area contributed by atoms with Gasteiger partial charge in [-0.2, -0.15) is 0 Å². The molecule has 1 N–H and O–H groups in total. The fourth-order valence-electron chi connectivity index (χ4n) is 4.44. The summed E-state index contributed by atoms with van der Waals surface area (Å²) in [5.41, 5.74) is 0. The third kappa shape index (κ3) is 4.54. The third-order valence-electron chi connectivity index (χ3n) is 6.20. The number of furan rings is 1. The molecule has 0 radical (unpaired) electrons. The molecule has 2 unspecified atom stereocenters. The van der Waals surface area contributed by atoms with Crippen LogP contribution < -0.4 is 5.32 Å². The Hall–Kier alpha value is -1.82. The van der Waals surface area contributed by atoms with Crippen LogP contribution in [0.2, 0.25) is 0 Å². The van der Waals surface area contributed by atoms with E-state index in [4.69, 9.17) is 4.42 Å². The summed E-state index contributed by atoms with van der Waals surface area (Å²) in [7, 11) is 0. The second kappa shape index (κ2) is 8.46. The molecule has 6 heteroatoms. The lowest BCUT2D eigenvalue weighted by molar-refractivity contribution is -0.136. The maximum absolute atomic E-state index is 12.8. The fourth-order valence-corrected chi connectivity index (χ4v) is 4.44. The van der Waals surface area contributed by atoms with Crippen molar-refractivity contribution in [1.29, 1.82) is 0 Å². The van der Waals surface area contributed by atoms with Gasteiger partial charge in [-0.05, 0) is 63.7 Å². The molecule has 2 saturated heterocycles. The molecule has 3 aliphatic rings. The highest BCUT2D eigenvalue weighted by Gasteiger charge is 2.37. The molecule has 3 heterocycles. The van der Waals surface area contributed by atoms with Crippen LogP contribution in [0.3, 0.4) is 0 Å². The van der Waals surface area contributed by atoms with Crippen molar-refractivity contribution in [2.75, 3.05) is 32.7 Å². The summed E-state index contributed by atoms with van der Waals surface area (Å²) in [6.07, 6.45) is 9.22. The Kier molecular flexibility index (Phi) is 5.81. The Morgan fingerprint density at radius 3 is 2.59 bits per heavy atom. The van der Waals surface area contributed by atoms with E-state index in [2.05, 4.69) is 10.2 Å². The van der Waals surface area contributed by atoms with Gasteiger partial charge in [0.2, 0.25) is 11.8 Å². The number of piperidine rings is 2. The van der Waals surface area contributed by atoms with Crippen molar-refractivity contribution in [3.63, 3.8) is 0 Å². The highest BCUT2D eigenvalue weighted by Crippen LogP contribution is 2.32. The normalized spacial score (nSPS) is 25.2. The van der Waals surface area contributed by atoms with Crippen LogP contribution in [-0.4, -0.2) is 54.3 Å². The summed E-state index contributed by atoms with van der Waals surface area (Å²) in [6.45, 7) is 4.06. The third-order valence-corrected chi connectivity index (χ3v) is 6.20. The van der Waals surface area contributed by atoms with Gasteiger partial charge in [-0.1, -0.05) is 6.42 Å². The summed E-state index contributed by atoms with van der Waals surface area (Å²) < 4.78 is 5.66. The van der Waals surface area contributed by atoms with Gasteiger partial charge in [0, 0.05) is 25.6 Å². The Balaban J connectivity index is 1.34. The van der Waals surface area contributed by atoms with E-state index in [9.17, 15) is 9.59 Å². The first-order valence-electron chi connectivity index (χ1n) is 10.6. The van der Waals surface area contributed by atoms with Gasteiger partial charge in [-0.25, -0.2) is 0 Å². The first-order chi connectivity index (χ1) is 13.2. The van der Waals surface area contributed by atoms with Gasteiger partial charge in [-0.15, -0.1) is 0 Å². The highest BCUT2D eigenvalue weighted by atomic mass is 16.3. The molecule has 6 nitrogen and oxygen atoms in total. The number of carbonyl (C=O) groups excluding carboxylic acids is 2. The van der Waals surface area contributed by atoms with E-state index >= 15 is 0 Å². The first kappa shape index (κ1) is 18.5. The molecule has 27 heavy (non-hydrogen) atoms. The number of likely N-dealkylation sites (tertiary alicyclic amines) is 2. The van der Waals surface area contributed by atoms with Crippen LogP contribution in [0.25, 0.3) is 0 Å². The van der Waals surface area contributed by atoms with Crippen molar-refractivity contribution in [2.45, 2.75) is 51.0 Å². The van der Waals surface area contributed by atoms with Crippen LogP contribution in [-0.2, 0) is 9.59 Å².